The van der Waals surface area contributed by atoms with Crippen LogP contribution in [0.3, 0.4) is 0 Å². The number of nitrogens with two attached hydrogens (primary N) is 1. The van der Waals surface area contributed by atoms with E-state index in [1.54, 1.807) is 0 Å². The van der Waals surface area contributed by atoms with Gasteiger partial charge in [0.05, 0.1) is 5.69 Å². The van der Waals surface area contributed by atoms with Crippen LogP contribution in [0.2, 0.25) is 0 Å². The molecule has 0 aliphatic heterocycles. The number of aryl methyl sites for hydroxylation is 2. The normalized spacial score (nSPS) is 10.7. The van der Waals surface area contributed by atoms with Crippen molar-refractivity contribution in [1.82, 2.24) is 9.38 Å². The van der Waals surface area contributed by atoms with Gasteiger partial charge in [-0.05, 0) is 31.5 Å². The van der Waals surface area contributed by atoms with Gasteiger partial charge in [0.15, 0.2) is 0 Å². The minimum absolute atomic E-state index is 0.388. The molecule has 2 rings (SSSR count). The number of hydrogen-bond acceptors (Lipinski definition) is 2. The predicted molar refractivity (Wildman–Crippen MR) is 60.6 cm³/mol. The molecular formula is C10H11N3S. The monoisotopic (exact) mass is 205 g/mol. The zero-order chi connectivity index (χ0) is 10.3. The molecule has 0 amide bonds. The third kappa shape index (κ3) is 1.28. The van der Waals surface area contributed by atoms with Crippen molar-refractivity contribution in [2.45, 2.75) is 13.8 Å². The minimum Gasteiger partial charge on any atom is -0.388 e. The van der Waals surface area contributed by atoms with E-state index in [9.17, 15) is 0 Å². The number of hydrogen-bond donors (Lipinski definition) is 1. The molecule has 0 bridgehead atoms. The Morgan fingerprint density at radius 3 is 2.86 bits per heavy atom. The maximum Gasteiger partial charge on any atom is 0.137 e. The summed E-state index contributed by atoms with van der Waals surface area (Å²) in [4.78, 5) is 4.78. The summed E-state index contributed by atoms with van der Waals surface area (Å²) < 4.78 is 1.92. The van der Waals surface area contributed by atoms with Crippen LogP contribution in [0.1, 0.15) is 17.0 Å². The van der Waals surface area contributed by atoms with Gasteiger partial charge >= 0.3 is 0 Å². The maximum absolute atomic E-state index is 5.63. The lowest BCUT2D eigenvalue weighted by Gasteiger charge is -2.00. The van der Waals surface area contributed by atoms with Crippen LogP contribution in [0.5, 0.6) is 0 Å². The molecule has 0 aliphatic rings. The number of imidazole rings is 1. The second-order valence-electron chi connectivity index (χ2n) is 3.34. The maximum atomic E-state index is 5.63. The molecule has 0 saturated carbocycles. The number of pyridine rings is 1. The fraction of sp³-hybridized carbons (Fsp3) is 0.200. The number of aromatic nitrogens is 2. The van der Waals surface area contributed by atoms with Gasteiger partial charge in [-0.3, -0.25) is 4.40 Å². The van der Waals surface area contributed by atoms with Crippen LogP contribution in [0.4, 0.5) is 0 Å². The lowest BCUT2D eigenvalue weighted by molar-refractivity contribution is 1.15. The predicted octanol–water partition coefficient (Wildman–Crippen LogP) is 1.59. The second kappa shape index (κ2) is 3.06. The largest absolute Gasteiger partial charge is 0.388 e. The van der Waals surface area contributed by atoms with E-state index in [1.165, 1.54) is 5.56 Å². The van der Waals surface area contributed by atoms with Gasteiger partial charge in [-0.2, -0.15) is 0 Å². The van der Waals surface area contributed by atoms with E-state index < -0.39 is 0 Å². The summed E-state index contributed by atoms with van der Waals surface area (Å²) in [5.74, 6) is 0. The molecule has 0 saturated heterocycles. The Morgan fingerprint density at radius 1 is 1.50 bits per heavy atom. The van der Waals surface area contributed by atoms with Crippen molar-refractivity contribution in [3.8, 4) is 0 Å². The first-order chi connectivity index (χ1) is 6.59. The van der Waals surface area contributed by atoms with Gasteiger partial charge in [0.2, 0.25) is 0 Å². The molecule has 0 spiro atoms. The Hall–Kier alpha value is -1.42. The van der Waals surface area contributed by atoms with Crippen molar-refractivity contribution in [3.63, 3.8) is 0 Å². The van der Waals surface area contributed by atoms with Crippen LogP contribution in [0, 0.1) is 13.8 Å². The molecule has 2 aromatic heterocycles. The van der Waals surface area contributed by atoms with Gasteiger partial charge in [-0.1, -0.05) is 12.2 Å². The molecular weight excluding hydrogens is 194 g/mol. The Balaban J connectivity index is 2.84. The highest BCUT2D eigenvalue weighted by Crippen LogP contribution is 2.13. The number of rotatable bonds is 1. The van der Waals surface area contributed by atoms with Gasteiger partial charge in [-0.15, -0.1) is 0 Å². The molecule has 0 radical (unpaired) electrons. The molecule has 3 nitrogen and oxygen atoms in total. The molecule has 14 heavy (non-hydrogen) atoms. The zero-order valence-corrected chi connectivity index (χ0v) is 8.93. The van der Waals surface area contributed by atoms with E-state index in [4.69, 9.17) is 18.0 Å². The quantitative estimate of drug-likeness (QED) is 0.719. The molecule has 0 atom stereocenters. The average Bonchev–Trinajstić information content (AvgIpc) is 2.39. The van der Waals surface area contributed by atoms with Crippen molar-refractivity contribution < 1.29 is 0 Å². The van der Waals surface area contributed by atoms with Gasteiger partial charge in [-0.25, -0.2) is 4.98 Å². The standard InChI is InChI=1S/C10H11N3S/c1-6-3-4-13-8(5-6)12-7(2)9(13)10(11)14/h3-5H,1-2H3,(H2,11,14). The summed E-state index contributed by atoms with van der Waals surface area (Å²) in [5, 5.41) is 0. The van der Waals surface area contributed by atoms with Crippen molar-refractivity contribution in [2.24, 2.45) is 5.73 Å². The van der Waals surface area contributed by atoms with Crippen molar-refractivity contribution >= 4 is 22.9 Å². The van der Waals surface area contributed by atoms with E-state index in [-0.39, 0.29) is 0 Å². The van der Waals surface area contributed by atoms with Crippen molar-refractivity contribution in [2.75, 3.05) is 0 Å². The van der Waals surface area contributed by atoms with Gasteiger partial charge in [0.25, 0.3) is 0 Å². The fourth-order valence-corrected chi connectivity index (χ4v) is 1.81. The van der Waals surface area contributed by atoms with E-state index in [0.29, 0.717) is 4.99 Å². The molecule has 2 N–H and O–H groups in total. The van der Waals surface area contributed by atoms with Gasteiger partial charge in [0, 0.05) is 6.20 Å². The highest BCUT2D eigenvalue weighted by atomic mass is 32.1. The fourth-order valence-electron chi connectivity index (χ4n) is 1.56. The molecule has 72 valence electrons. The Bertz CT molecular complexity index is 513. The van der Waals surface area contributed by atoms with Gasteiger partial charge < -0.3 is 5.73 Å². The second-order valence-corrected chi connectivity index (χ2v) is 3.78. The van der Waals surface area contributed by atoms with E-state index >= 15 is 0 Å². The smallest absolute Gasteiger partial charge is 0.137 e. The van der Waals surface area contributed by atoms with Crippen LogP contribution in [-0.2, 0) is 0 Å². The van der Waals surface area contributed by atoms with Crippen LogP contribution in [0.15, 0.2) is 18.3 Å². The lowest BCUT2D eigenvalue weighted by atomic mass is 10.3. The molecule has 2 heterocycles. The summed E-state index contributed by atoms with van der Waals surface area (Å²) >= 11 is 4.98. The Labute approximate surface area is 87.6 Å². The summed E-state index contributed by atoms with van der Waals surface area (Å²) in [5.41, 5.74) is 9.41. The van der Waals surface area contributed by atoms with E-state index in [1.807, 2.05) is 36.6 Å². The first-order valence-corrected chi connectivity index (χ1v) is 4.75. The molecule has 0 unspecified atom stereocenters. The number of thiocarbonyl (C=S) groups is 1. The van der Waals surface area contributed by atoms with Crippen LogP contribution >= 0.6 is 12.2 Å². The summed E-state index contributed by atoms with van der Waals surface area (Å²) in [7, 11) is 0. The minimum atomic E-state index is 0.388. The molecule has 2 aromatic rings. The third-order valence-corrected chi connectivity index (χ3v) is 2.38. The Kier molecular flexibility index (Phi) is 2.00. The topological polar surface area (TPSA) is 43.3 Å². The van der Waals surface area contributed by atoms with Crippen molar-refractivity contribution in [3.05, 3.63) is 35.3 Å². The van der Waals surface area contributed by atoms with E-state index in [0.717, 1.165) is 17.0 Å². The first-order valence-electron chi connectivity index (χ1n) is 4.34. The average molecular weight is 205 g/mol. The third-order valence-electron chi connectivity index (χ3n) is 2.19. The molecule has 0 aliphatic carbocycles. The Morgan fingerprint density at radius 2 is 2.21 bits per heavy atom. The summed E-state index contributed by atoms with van der Waals surface area (Å²) in [6.45, 7) is 3.95. The van der Waals surface area contributed by atoms with Crippen LogP contribution in [-0.4, -0.2) is 14.4 Å². The SMILES string of the molecule is Cc1ccn2c(C(N)=S)c(C)nc2c1. The lowest BCUT2D eigenvalue weighted by Crippen LogP contribution is -2.13. The van der Waals surface area contributed by atoms with Crippen LogP contribution in [0.25, 0.3) is 5.65 Å². The summed E-state index contributed by atoms with van der Waals surface area (Å²) in [6.07, 6.45) is 1.94. The van der Waals surface area contributed by atoms with Gasteiger partial charge in [0.1, 0.15) is 16.3 Å². The first kappa shape index (κ1) is 9.15. The summed E-state index contributed by atoms with van der Waals surface area (Å²) in [6, 6.07) is 4.02. The van der Waals surface area contributed by atoms with Crippen LogP contribution < -0.4 is 5.73 Å². The van der Waals surface area contributed by atoms with E-state index in [2.05, 4.69) is 4.98 Å². The highest BCUT2D eigenvalue weighted by molar-refractivity contribution is 7.80. The van der Waals surface area contributed by atoms with Crippen molar-refractivity contribution in [1.29, 1.82) is 0 Å². The molecule has 0 aromatic carbocycles. The zero-order valence-electron chi connectivity index (χ0n) is 8.11. The molecule has 4 heteroatoms. The number of nitrogens with zero attached hydrogens (tertiary/aromatic N) is 2. The molecule has 0 fully saturated rings. The number of fused-ring (bicyclic) bond motifs is 1. The highest BCUT2D eigenvalue weighted by Gasteiger charge is 2.10.